The molecule has 3 heterocycles. The second-order valence-electron chi connectivity index (χ2n) is 7.03. The molecule has 6 nitrogen and oxygen atoms in total. The van der Waals surface area contributed by atoms with E-state index in [1.807, 2.05) is 24.3 Å². The molecule has 0 aliphatic heterocycles. The summed E-state index contributed by atoms with van der Waals surface area (Å²) in [5.41, 5.74) is 0.768. The first-order chi connectivity index (χ1) is 15.4. The summed E-state index contributed by atoms with van der Waals surface area (Å²) >= 11 is 0. The third-order valence-electron chi connectivity index (χ3n) is 5.09. The third-order valence-corrected chi connectivity index (χ3v) is 5.09. The molecule has 0 saturated heterocycles. The number of aromatic amines is 1. The second-order valence-corrected chi connectivity index (χ2v) is 7.03. The standard InChI is InChI=1S/C23H14F3N5O/c24-23(25,26)15-5-3-4-14(12-15)17-13-28-30-21(22(17)32)20-9-11-29-31(20)19-8-10-27-18-7-2-1-6-16(18)19/h1-13H,(H,28,32). The van der Waals surface area contributed by atoms with Gasteiger partial charge in [0.1, 0.15) is 0 Å². The molecule has 0 aliphatic rings. The lowest BCUT2D eigenvalue weighted by atomic mass is 10.0. The van der Waals surface area contributed by atoms with E-state index in [0.29, 0.717) is 11.4 Å². The first kappa shape index (κ1) is 19.7. The normalized spacial score (nSPS) is 11.7. The van der Waals surface area contributed by atoms with Crippen LogP contribution in [0.1, 0.15) is 5.56 Å². The van der Waals surface area contributed by atoms with Crippen LogP contribution in [-0.4, -0.2) is 25.0 Å². The molecule has 0 fully saturated rings. The molecule has 0 unspecified atom stereocenters. The van der Waals surface area contributed by atoms with Gasteiger partial charge >= 0.3 is 6.18 Å². The molecular formula is C23H14F3N5O. The van der Waals surface area contributed by atoms with Crippen molar-refractivity contribution in [2.24, 2.45) is 0 Å². The van der Waals surface area contributed by atoms with Gasteiger partial charge in [0.15, 0.2) is 5.69 Å². The van der Waals surface area contributed by atoms with Crippen LogP contribution in [0.3, 0.4) is 0 Å². The van der Waals surface area contributed by atoms with Gasteiger partial charge in [-0.05, 0) is 35.9 Å². The van der Waals surface area contributed by atoms with E-state index in [9.17, 15) is 18.0 Å². The molecule has 0 spiro atoms. The highest BCUT2D eigenvalue weighted by Gasteiger charge is 2.30. The van der Waals surface area contributed by atoms with Crippen molar-refractivity contribution in [3.8, 4) is 28.2 Å². The zero-order chi connectivity index (χ0) is 22.3. The maximum Gasteiger partial charge on any atom is 0.416 e. The van der Waals surface area contributed by atoms with Crippen molar-refractivity contribution in [2.75, 3.05) is 0 Å². The minimum atomic E-state index is -4.51. The van der Waals surface area contributed by atoms with Gasteiger partial charge in [-0.1, -0.05) is 30.3 Å². The van der Waals surface area contributed by atoms with E-state index >= 15 is 0 Å². The van der Waals surface area contributed by atoms with Gasteiger partial charge in [-0.25, -0.2) is 4.68 Å². The van der Waals surface area contributed by atoms with Crippen LogP contribution in [0.15, 0.2) is 84.0 Å². The summed E-state index contributed by atoms with van der Waals surface area (Å²) in [4.78, 5) is 17.6. The molecule has 1 N–H and O–H groups in total. The summed E-state index contributed by atoms with van der Waals surface area (Å²) in [5.74, 6) is 0. The molecule has 0 aliphatic carbocycles. The van der Waals surface area contributed by atoms with Gasteiger partial charge < -0.3 is 0 Å². The first-order valence-electron chi connectivity index (χ1n) is 9.58. The van der Waals surface area contributed by atoms with Crippen LogP contribution in [0.5, 0.6) is 0 Å². The van der Waals surface area contributed by atoms with E-state index in [-0.39, 0.29) is 16.8 Å². The average Bonchev–Trinajstić information content (AvgIpc) is 3.28. The molecule has 32 heavy (non-hydrogen) atoms. The molecule has 5 aromatic rings. The lowest BCUT2D eigenvalue weighted by Gasteiger charge is -2.11. The molecule has 0 bridgehead atoms. The van der Waals surface area contributed by atoms with Crippen molar-refractivity contribution in [1.82, 2.24) is 25.0 Å². The number of H-pyrrole nitrogens is 1. The van der Waals surface area contributed by atoms with E-state index < -0.39 is 17.2 Å². The zero-order valence-electron chi connectivity index (χ0n) is 16.3. The lowest BCUT2D eigenvalue weighted by Crippen LogP contribution is -2.14. The zero-order valence-corrected chi connectivity index (χ0v) is 16.3. The van der Waals surface area contributed by atoms with Crippen molar-refractivity contribution in [2.45, 2.75) is 6.18 Å². The number of nitrogens with one attached hydrogen (secondary N) is 1. The van der Waals surface area contributed by atoms with Crippen molar-refractivity contribution in [3.63, 3.8) is 0 Å². The summed E-state index contributed by atoms with van der Waals surface area (Å²) in [5, 5.41) is 11.9. The fourth-order valence-electron chi connectivity index (χ4n) is 3.60. The van der Waals surface area contributed by atoms with Gasteiger partial charge in [0.05, 0.1) is 28.7 Å². The molecular weight excluding hydrogens is 419 g/mol. The summed E-state index contributed by atoms with van der Waals surface area (Å²) in [6.07, 6.45) is -0.0496. The maximum absolute atomic E-state index is 13.3. The van der Waals surface area contributed by atoms with E-state index in [0.717, 1.165) is 23.0 Å². The van der Waals surface area contributed by atoms with Crippen LogP contribution in [0.2, 0.25) is 0 Å². The summed E-state index contributed by atoms with van der Waals surface area (Å²) < 4.78 is 41.0. The number of pyridine rings is 1. The van der Waals surface area contributed by atoms with Crippen molar-refractivity contribution in [1.29, 1.82) is 0 Å². The molecule has 0 radical (unpaired) electrons. The van der Waals surface area contributed by atoms with E-state index in [1.54, 1.807) is 23.0 Å². The van der Waals surface area contributed by atoms with Crippen LogP contribution in [0.25, 0.3) is 39.1 Å². The Morgan fingerprint density at radius 3 is 2.62 bits per heavy atom. The van der Waals surface area contributed by atoms with Gasteiger partial charge in [0.25, 0.3) is 0 Å². The number of alkyl halides is 3. The molecule has 2 aromatic carbocycles. The third kappa shape index (κ3) is 3.33. The number of para-hydroxylation sites is 1. The quantitative estimate of drug-likeness (QED) is 0.441. The number of hydrogen-bond donors (Lipinski definition) is 1. The SMILES string of the molecule is O=c1c(-c2cccc(C(F)(F)F)c2)c[nH]nc1-c1ccnn1-c1ccnc2ccccc12. The molecule has 0 saturated carbocycles. The Hall–Kier alpha value is -4.27. The topological polar surface area (TPSA) is 76.5 Å². The summed E-state index contributed by atoms with van der Waals surface area (Å²) in [6, 6.07) is 15.5. The second kappa shape index (κ2) is 7.45. The van der Waals surface area contributed by atoms with Gasteiger partial charge in [0.2, 0.25) is 5.43 Å². The number of halogens is 3. The minimum absolute atomic E-state index is 0.0401. The number of nitrogens with zero attached hydrogens (tertiary/aromatic N) is 4. The number of aromatic nitrogens is 5. The summed E-state index contributed by atoms with van der Waals surface area (Å²) in [6.45, 7) is 0. The molecule has 5 rings (SSSR count). The van der Waals surface area contributed by atoms with Crippen LogP contribution in [-0.2, 0) is 6.18 Å². The monoisotopic (exact) mass is 433 g/mol. The smallest absolute Gasteiger partial charge is 0.287 e. The highest BCUT2D eigenvalue weighted by Crippen LogP contribution is 2.32. The Kier molecular flexibility index (Phi) is 4.58. The predicted molar refractivity (Wildman–Crippen MR) is 113 cm³/mol. The van der Waals surface area contributed by atoms with Crippen LogP contribution in [0, 0.1) is 0 Å². The Morgan fingerprint density at radius 1 is 0.938 bits per heavy atom. The molecule has 0 amide bonds. The predicted octanol–water partition coefficient (Wildman–Crippen LogP) is 4.86. The van der Waals surface area contributed by atoms with Gasteiger partial charge in [-0.3, -0.25) is 14.9 Å². The maximum atomic E-state index is 13.3. The first-order valence-corrected chi connectivity index (χ1v) is 9.58. The van der Waals surface area contributed by atoms with Crippen molar-refractivity contribution < 1.29 is 13.2 Å². The molecule has 9 heteroatoms. The lowest BCUT2D eigenvalue weighted by molar-refractivity contribution is -0.137. The Labute approximate surface area is 179 Å². The van der Waals surface area contributed by atoms with E-state index in [2.05, 4.69) is 20.3 Å². The average molecular weight is 433 g/mol. The summed E-state index contributed by atoms with van der Waals surface area (Å²) in [7, 11) is 0. The number of hydrogen-bond acceptors (Lipinski definition) is 4. The molecule has 158 valence electrons. The highest BCUT2D eigenvalue weighted by atomic mass is 19.4. The van der Waals surface area contributed by atoms with Crippen molar-refractivity contribution in [3.05, 3.63) is 95.0 Å². The van der Waals surface area contributed by atoms with E-state index in [4.69, 9.17) is 0 Å². The minimum Gasteiger partial charge on any atom is -0.287 e. The number of benzene rings is 2. The van der Waals surface area contributed by atoms with Gasteiger partial charge in [-0.2, -0.15) is 23.4 Å². The fraction of sp³-hybridized carbons (Fsp3) is 0.0435. The Balaban J connectivity index is 1.67. The molecule has 0 atom stereocenters. The largest absolute Gasteiger partial charge is 0.416 e. The highest BCUT2D eigenvalue weighted by molar-refractivity contribution is 5.87. The number of fused-ring (bicyclic) bond motifs is 1. The molecule has 3 aromatic heterocycles. The Bertz CT molecular complexity index is 1500. The Morgan fingerprint density at radius 2 is 1.78 bits per heavy atom. The van der Waals surface area contributed by atoms with Crippen LogP contribution < -0.4 is 5.43 Å². The fourth-order valence-corrected chi connectivity index (χ4v) is 3.60. The van der Waals surface area contributed by atoms with Crippen molar-refractivity contribution >= 4 is 10.9 Å². The van der Waals surface area contributed by atoms with E-state index in [1.165, 1.54) is 24.5 Å². The number of rotatable bonds is 3. The van der Waals surface area contributed by atoms with Gasteiger partial charge in [0, 0.05) is 23.3 Å². The van der Waals surface area contributed by atoms with Crippen LogP contribution >= 0.6 is 0 Å². The van der Waals surface area contributed by atoms with Gasteiger partial charge in [-0.15, -0.1) is 0 Å². The van der Waals surface area contributed by atoms with Crippen LogP contribution in [0.4, 0.5) is 13.2 Å².